The van der Waals surface area contributed by atoms with Gasteiger partial charge in [-0.25, -0.2) is 13.1 Å². The second-order valence-electron chi connectivity index (χ2n) is 7.06. The predicted octanol–water partition coefficient (Wildman–Crippen LogP) is 1.48. The van der Waals surface area contributed by atoms with Gasteiger partial charge in [0.2, 0.25) is 0 Å². The van der Waals surface area contributed by atoms with Crippen molar-refractivity contribution in [2.75, 3.05) is 13.1 Å². The quantitative estimate of drug-likeness (QED) is 0.897. The Morgan fingerprint density at radius 1 is 1.30 bits per heavy atom. The maximum absolute atomic E-state index is 12.9. The summed E-state index contributed by atoms with van der Waals surface area (Å²) in [4.78, 5) is 11.1. The van der Waals surface area contributed by atoms with Crippen molar-refractivity contribution < 1.29 is 18.3 Å². The number of sulfonamides is 1. The SMILES string of the molecule is O=C(O)C1CC12CCN(S(=O)(=O)c1ccnn1C1CCC1)CC2. The van der Waals surface area contributed by atoms with Crippen molar-refractivity contribution in [1.82, 2.24) is 14.1 Å². The molecule has 0 bridgehead atoms. The van der Waals surface area contributed by atoms with Gasteiger partial charge in [-0.2, -0.15) is 9.40 Å². The number of carbonyl (C=O) groups is 1. The highest BCUT2D eigenvalue weighted by Crippen LogP contribution is 2.59. The van der Waals surface area contributed by atoms with E-state index in [2.05, 4.69) is 5.10 Å². The molecule has 23 heavy (non-hydrogen) atoms. The van der Waals surface area contributed by atoms with Gasteiger partial charge in [-0.3, -0.25) is 4.79 Å². The zero-order valence-electron chi connectivity index (χ0n) is 12.9. The Hall–Kier alpha value is -1.41. The van der Waals surface area contributed by atoms with Crippen molar-refractivity contribution in [2.24, 2.45) is 11.3 Å². The standard InChI is InChI=1S/C15H21N3O4S/c19-14(20)12-10-15(12)5-8-17(9-6-15)23(21,22)13-4-7-16-18(13)11-2-1-3-11/h4,7,11-12H,1-3,5-6,8-10H2,(H,19,20). The van der Waals surface area contributed by atoms with Gasteiger partial charge in [0, 0.05) is 13.1 Å². The molecule has 3 aliphatic rings. The lowest BCUT2D eigenvalue weighted by molar-refractivity contribution is -0.139. The van der Waals surface area contributed by atoms with E-state index in [9.17, 15) is 13.2 Å². The minimum Gasteiger partial charge on any atom is -0.481 e. The van der Waals surface area contributed by atoms with Crippen LogP contribution < -0.4 is 0 Å². The summed E-state index contributed by atoms with van der Waals surface area (Å²) < 4.78 is 29.0. The van der Waals surface area contributed by atoms with Gasteiger partial charge in [-0.05, 0) is 50.0 Å². The van der Waals surface area contributed by atoms with Crippen LogP contribution in [0.3, 0.4) is 0 Å². The number of hydrogen-bond acceptors (Lipinski definition) is 4. The Kier molecular flexibility index (Phi) is 3.32. The van der Waals surface area contributed by atoms with Crippen molar-refractivity contribution >= 4 is 16.0 Å². The monoisotopic (exact) mass is 339 g/mol. The molecule has 1 saturated heterocycles. The number of rotatable bonds is 4. The number of aromatic nitrogens is 2. The average molecular weight is 339 g/mol. The topological polar surface area (TPSA) is 92.5 Å². The molecule has 1 aromatic heterocycles. The van der Waals surface area contributed by atoms with E-state index < -0.39 is 16.0 Å². The highest BCUT2D eigenvalue weighted by molar-refractivity contribution is 7.89. The fourth-order valence-electron chi connectivity index (χ4n) is 3.97. The normalized spacial score (nSPS) is 27.7. The Labute approximate surface area is 135 Å². The summed E-state index contributed by atoms with van der Waals surface area (Å²) in [6.07, 6.45) is 6.60. The lowest BCUT2D eigenvalue weighted by atomic mass is 9.92. The minimum absolute atomic E-state index is 0.161. The van der Waals surface area contributed by atoms with Gasteiger partial charge in [-0.15, -0.1) is 0 Å². The number of nitrogens with zero attached hydrogens (tertiary/aromatic N) is 3. The van der Waals surface area contributed by atoms with E-state index in [1.807, 2.05) is 0 Å². The van der Waals surface area contributed by atoms with Crippen molar-refractivity contribution in [3.8, 4) is 0 Å². The first kappa shape index (κ1) is 15.1. The highest BCUT2D eigenvalue weighted by atomic mass is 32.2. The first-order valence-electron chi connectivity index (χ1n) is 8.20. The molecule has 1 aliphatic heterocycles. The Morgan fingerprint density at radius 3 is 2.52 bits per heavy atom. The van der Waals surface area contributed by atoms with Crippen molar-refractivity contribution in [2.45, 2.75) is 49.6 Å². The van der Waals surface area contributed by atoms with Gasteiger partial charge in [0.15, 0.2) is 5.03 Å². The molecule has 126 valence electrons. The number of aliphatic carboxylic acids is 1. The van der Waals surface area contributed by atoms with Crippen LogP contribution >= 0.6 is 0 Å². The summed E-state index contributed by atoms with van der Waals surface area (Å²) >= 11 is 0. The van der Waals surface area contributed by atoms with E-state index in [-0.39, 0.29) is 22.4 Å². The zero-order valence-corrected chi connectivity index (χ0v) is 13.7. The zero-order chi connectivity index (χ0) is 16.2. The van der Waals surface area contributed by atoms with Gasteiger partial charge in [0.1, 0.15) is 0 Å². The summed E-state index contributed by atoms with van der Waals surface area (Å²) in [6.45, 7) is 0.809. The molecular formula is C15H21N3O4S. The van der Waals surface area contributed by atoms with Gasteiger partial charge in [0.05, 0.1) is 18.2 Å². The van der Waals surface area contributed by atoms with Crippen molar-refractivity contribution in [3.63, 3.8) is 0 Å². The highest BCUT2D eigenvalue weighted by Gasteiger charge is 2.59. The van der Waals surface area contributed by atoms with E-state index in [0.29, 0.717) is 32.4 Å². The van der Waals surface area contributed by atoms with Gasteiger partial charge >= 0.3 is 5.97 Å². The molecule has 7 nitrogen and oxygen atoms in total. The summed E-state index contributed by atoms with van der Waals surface area (Å²) in [7, 11) is -3.54. The van der Waals surface area contributed by atoms with Crippen LogP contribution in [0.25, 0.3) is 0 Å². The number of carboxylic acid groups (broad SMARTS) is 1. The van der Waals surface area contributed by atoms with Crippen LogP contribution in [0.2, 0.25) is 0 Å². The summed E-state index contributed by atoms with van der Waals surface area (Å²) in [5.74, 6) is -1.03. The van der Waals surface area contributed by atoms with Crippen LogP contribution in [0, 0.1) is 11.3 Å². The van der Waals surface area contributed by atoms with Crippen LogP contribution in [-0.4, -0.2) is 46.7 Å². The molecular weight excluding hydrogens is 318 g/mol. The van der Waals surface area contributed by atoms with E-state index in [1.54, 1.807) is 16.9 Å². The molecule has 8 heteroatoms. The fourth-order valence-corrected chi connectivity index (χ4v) is 5.56. The summed E-state index contributed by atoms with van der Waals surface area (Å²) in [5.41, 5.74) is -0.161. The van der Waals surface area contributed by atoms with E-state index in [0.717, 1.165) is 19.3 Å². The third-order valence-corrected chi connectivity index (χ3v) is 7.76. The Bertz CT molecular complexity index is 730. The first-order chi connectivity index (χ1) is 10.9. The number of piperidine rings is 1. The Morgan fingerprint density at radius 2 is 2.00 bits per heavy atom. The first-order valence-corrected chi connectivity index (χ1v) is 9.65. The van der Waals surface area contributed by atoms with Crippen LogP contribution in [0.5, 0.6) is 0 Å². The van der Waals surface area contributed by atoms with Crippen LogP contribution in [0.15, 0.2) is 17.3 Å². The van der Waals surface area contributed by atoms with Crippen LogP contribution in [-0.2, 0) is 14.8 Å². The molecule has 2 saturated carbocycles. The molecule has 3 fully saturated rings. The molecule has 1 N–H and O–H groups in total. The lowest BCUT2D eigenvalue weighted by Crippen LogP contribution is -2.41. The van der Waals surface area contributed by atoms with E-state index in [1.165, 1.54) is 4.31 Å². The maximum Gasteiger partial charge on any atom is 0.307 e. The van der Waals surface area contributed by atoms with E-state index >= 15 is 0 Å². The van der Waals surface area contributed by atoms with Crippen molar-refractivity contribution in [1.29, 1.82) is 0 Å². The molecule has 1 spiro atoms. The molecule has 1 aromatic rings. The summed E-state index contributed by atoms with van der Waals surface area (Å²) in [5, 5.41) is 13.6. The van der Waals surface area contributed by atoms with Crippen LogP contribution in [0.1, 0.15) is 44.6 Å². The third-order valence-electron chi connectivity index (χ3n) is 5.86. The van der Waals surface area contributed by atoms with Gasteiger partial charge < -0.3 is 5.11 Å². The number of hydrogen-bond donors (Lipinski definition) is 1. The number of carboxylic acids is 1. The largest absolute Gasteiger partial charge is 0.481 e. The van der Waals surface area contributed by atoms with Gasteiger partial charge in [0.25, 0.3) is 10.0 Å². The molecule has 2 heterocycles. The second kappa shape index (κ2) is 5.04. The Balaban J connectivity index is 1.50. The van der Waals surface area contributed by atoms with E-state index in [4.69, 9.17) is 5.11 Å². The molecule has 2 aliphatic carbocycles. The van der Waals surface area contributed by atoms with Gasteiger partial charge in [-0.1, -0.05) is 0 Å². The lowest BCUT2D eigenvalue weighted by Gasteiger charge is -2.33. The molecule has 0 aromatic carbocycles. The third kappa shape index (κ3) is 2.30. The average Bonchev–Trinajstić information content (AvgIpc) is 2.93. The fraction of sp³-hybridized carbons (Fsp3) is 0.733. The minimum atomic E-state index is -3.54. The molecule has 0 radical (unpaired) electrons. The molecule has 1 atom stereocenters. The van der Waals surface area contributed by atoms with Crippen molar-refractivity contribution in [3.05, 3.63) is 12.3 Å². The molecule has 4 rings (SSSR count). The molecule has 0 amide bonds. The maximum atomic E-state index is 12.9. The molecule has 1 unspecified atom stereocenters. The smallest absolute Gasteiger partial charge is 0.307 e. The second-order valence-corrected chi connectivity index (χ2v) is 8.94. The summed E-state index contributed by atoms with van der Waals surface area (Å²) in [6, 6.07) is 1.78. The predicted molar refractivity (Wildman–Crippen MR) is 81.3 cm³/mol. The van der Waals surface area contributed by atoms with Crippen LogP contribution in [0.4, 0.5) is 0 Å².